The monoisotopic (exact) mass is 434 g/mol. The molecule has 1 heterocycles. The van der Waals surface area contributed by atoms with E-state index >= 15 is 0 Å². The summed E-state index contributed by atoms with van der Waals surface area (Å²) >= 11 is 0. The number of halogens is 6. The molecule has 29 heavy (non-hydrogen) atoms. The van der Waals surface area contributed by atoms with Gasteiger partial charge in [0, 0.05) is 30.8 Å². The van der Waals surface area contributed by atoms with Crippen LogP contribution in [-0.4, -0.2) is 7.05 Å². The predicted molar refractivity (Wildman–Crippen MR) is 105 cm³/mol. The van der Waals surface area contributed by atoms with Crippen molar-refractivity contribution >= 4 is 30.1 Å². The molecule has 0 spiro atoms. The first-order valence-electron chi connectivity index (χ1n) is 9.00. The normalized spacial score (nSPS) is 15.7. The molecule has 0 bridgehead atoms. The van der Waals surface area contributed by atoms with E-state index in [0.29, 0.717) is 0 Å². The fraction of sp³-hybridized carbons (Fsp3) is 0.250. The molecule has 4 rings (SSSR count). The Labute approximate surface area is 164 Å². The average molecular weight is 434 g/mol. The molecule has 0 atom stereocenters. The second-order valence-corrected chi connectivity index (χ2v) is 8.97. The summed E-state index contributed by atoms with van der Waals surface area (Å²) in [6.07, 6.45) is 3.63. The number of nitrogens with zero attached hydrogens (tertiary/aromatic N) is 2. The van der Waals surface area contributed by atoms with Gasteiger partial charge < -0.3 is 4.90 Å². The first kappa shape index (κ1) is 21.4. The topological polar surface area (TPSA) is 7.12 Å². The summed E-state index contributed by atoms with van der Waals surface area (Å²) < 4.78 is 61.6. The van der Waals surface area contributed by atoms with Gasteiger partial charge in [-0.15, -0.1) is 0 Å². The summed E-state index contributed by atoms with van der Waals surface area (Å²) in [4.78, 5) is 2.35. The molecule has 0 unspecified atom stereocenters. The van der Waals surface area contributed by atoms with Crippen molar-refractivity contribution in [1.29, 1.82) is 0 Å². The van der Waals surface area contributed by atoms with Crippen molar-refractivity contribution in [2.24, 2.45) is 7.05 Å². The van der Waals surface area contributed by atoms with E-state index in [9.17, 15) is 25.2 Å². The van der Waals surface area contributed by atoms with Crippen molar-refractivity contribution in [3.63, 3.8) is 0 Å². The molecule has 2 aromatic carbocycles. The van der Waals surface area contributed by atoms with Gasteiger partial charge in [0.2, 0.25) is 5.52 Å². The van der Waals surface area contributed by atoms with E-state index in [1.165, 1.54) is 52.8 Å². The molecule has 1 aliphatic rings. The molecule has 3 aromatic rings. The number of aromatic nitrogens is 1. The van der Waals surface area contributed by atoms with Crippen LogP contribution in [0.25, 0.3) is 10.9 Å². The quantitative estimate of drug-likeness (QED) is 0.233. The number of anilines is 2. The van der Waals surface area contributed by atoms with Gasteiger partial charge in [-0.25, -0.2) is 0 Å². The summed E-state index contributed by atoms with van der Waals surface area (Å²) in [5, 5.41) is 1.34. The van der Waals surface area contributed by atoms with Crippen molar-refractivity contribution < 1.29 is 29.7 Å². The van der Waals surface area contributed by atoms with Crippen LogP contribution in [0.4, 0.5) is 36.6 Å². The van der Waals surface area contributed by atoms with Crippen LogP contribution in [0.15, 0.2) is 54.6 Å². The fourth-order valence-corrected chi connectivity index (χ4v) is 3.79. The number of hydrogen-bond donors (Lipinski definition) is 0. The maximum absolute atomic E-state index is 10.7. The summed E-state index contributed by atoms with van der Waals surface area (Å²) in [6.45, 7) is 0. The third kappa shape index (κ3) is 5.60. The number of hydrogen-bond acceptors (Lipinski definition) is 1. The standard InChI is InChI=1S/C20H21N2.F6P/c1-21(15-9-4-3-5-10-15)20-16-11-6-7-13-18(16)22(2)19-14-8-12-17(19)20;1-7(2,3,4,5)6/h3-7,9-11,13H,8,12,14H2,1-2H3;/q+1;-1. The van der Waals surface area contributed by atoms with Gasteiger partial charge in [0.05, 0.1) is 11.1 Å². The van der Waals surface area contributed by atoms with Crippen LogP contribution in [0.1, 0.15) is 17.7 Å². The van der Waals surface area contributed by atoms with Crippen molar-refractivity contribution in [2.45, 2.75) is 19.3 Å². The van der Waals surface area contributed by atoms with E-state index < -0.39 is 7.81 Å². The van der Waals surface area contributed by atoms with Gasteiger partial charge in [0.1, 0.15) is 7.05 Å². The Bertz CT molecular complexity index is 1040. The van der Waals surface area contributed by atoms with Crippen LogP contribution in [-0.2, 0) is 19.9 Å². The number of pyridine rings is 1. The molecule has 9 heteroatoms. The third-order valence-corrected chi connectivity index (χ3v) is 4.88. The minimum absolute atomic E-state index is 1.18. The van der Waals surface area contributed by atoms with Crippen LogP contribution >= 0.6 is 7.81 Å². The number of aryl methyl sites for hydroxylation is 1. The Balaban J connectivity index is 0.000000298. The van der Waals surface area contributed by atoms with Crippen LogP contribution < -0.4 is 9.47 Å². The Morgan fingerprint density at radius 3 is 2.00 bits per heavy atom. The first-order chi connectivity index (χ1) is 13.2. The van der Waals surface area contributed by atoms with Gasteiger partial charge in [-0.3, -0.25) is 0 Å². The summed E-state index contributed by atoms with van der Waals surface area (Å²) in [5.41, 5.74) is 6.97. The number of para-hydroxylation sites is 2. The molecule has 158 valence electrons. The molecule has 2 nitrogen and oxygen atoms in total. The SMILES string of the molecule is CN(c1ccccc1)c1c2c([n+](C)c3ccccc13)CCC2.F[P-](F)(F)(F)(F)F. The number of fused-ring (bicyclic) bond motifs is 2. The Morgan fingerprint density at radius 2 is 1.38 bits per heavy atom. The minimum atomic E-state index is -10.7. The molecule has 0 N–H and O–H groups in total. The van der Waals surface area contributed by atoms with Crippen molar-refractivity contribution in [2.75, 3.05) is 11.9 Å². The van der Waals surface area contributed by atoms with E-state index in [2.05, 4.69) is 78.2 Å². The van der Waals surface area contributed by atoms with Crippen LogP contribution in [0.3, 0.4) is 0 Å². The van der Waals surface area contributed by atoms with E-state index in [4.69, 9.17) is 0 Å². The molecule has 0 radical (unpaired) electrons. The molecule has 0 amide bonds. The van der Waals surface area contributed by atoms with Crippen LogP contribution in [0.2, 0.25) is 0 Å². The fourth-order valence-electron chi connectivity index (χ4n) is 3.79. The Kier molecular flexibility index (Phi) is 4.86. The number of benzene rings is 2. The van der Waals surface area contributed by atoms with E-state index in [1.54, 1.807) is 0 Å². The zero-order chi connectivity index (χ0) is 21.5. The molecule has 1 aromatic heterocycles. The van der Waals surface area contributed by atoms with Gasteiger partial charge in [-0.2, -0.15) is 4.57 Å². The van der Waals surface area contributed by atoms with Crippen molar-refractivity contribution in [3.8, 4) is 0 Å². The Morgan fingerprint density at radius 1 is 0.828 bits per heavy atom. The second kappa shape index (κ2) is 6.59. The van der Waals surface area contributed by atoms with Gasteiger partial charge in [-0.1, -0.05) is 30.3 Å². The third-order valence-electron chi connectivity index (χ3n) is 4.88. The molecular formula is C20H21F6N2P. The van der Waals surface area contributed by atoms with Gasteiger partial charge in [-0.05, 0) is 31.0 Å². The zero-order valence-corrected chi connectivity index (χ0v) is 16.8. The molecule has 0 saturated heterocycles. The van der Waals surface area contributed by atoms with E-state index in [-0.39, 0.29) is 0 Å². The van der Waals surface area contributed by atoms with E-state index in [1.807, 2.05) is 0 Å². The molecule has 0 fully saturated rings. The molecule has 1 aliphatic carbocycles. The number of rotatable bonds is 2. The Hall–Kier alpha value is -2.34. The van der Waals surface area contributed by atoms with Crippen molar-refractivity contribution in [1.82, 2.24) is 0 Å². The molecule has 0 saturated carbocycles. The van der Waals surface area contributed by atoms with E-state index in [0.717, 1.165) is 0 Å². The van der Waals surface area contributed by atoms with Gasteiger partial charge in [0.15, 0.2) is 5.69 Å². The summed E-state index contributed by atoms with van der Waals surface area (Å²) in [6, 6.07) is 19.4. The second-order valence-electron chi connectivity index (χ2n) is 7.06. The van der Waals surface area contributed by atoms with Crippen molar-refractivity contribution in [3.05, 3.63) is 65.9 Å². The van der Waals surface area contributed by atoms with Crippen LogP contribution in [0.5, 0.6) is 0 Å². The van der Waals surface area contributed by atoms with Crippen LogP contribution in [0, 0.1) is 0 Å². The average Bonchev–Trinajstić information content (AvgIpc) is 3.10. The predicted octanol–water partition coefficient (Wildman–Crippen LogP) is 7.30. The summed E-state index contributed by atoms with van der Waals surface area (Å²) in [5.74, 6) is 0. The molecule has 0 aliphatic heterocycles. The van der Waals surface area contributed by atoms with Gasteiger partial charge in [0.25, 0.3) is 0 Å². The zero-order valence-electron chi connectivity index (χ0n) is 15.9. The maximum atomic E-state index is 9.87. The summed E-state index contributed by atoms with van der Waals surface area (Å²) in [7, 11) is -6.26. The van der Waals surface area contributed by atoms with Gasteiger partial charge >= 0.3 is 33.0 Å². The first-order valence-corrected chi connectivity index (χ1v) is 11.0. The molecular weight excluding hydrogens is 413 g/mol.